The number of amides is 1. The molecule has 0 bridgehead atoms. The molecule has 6 nitrogen and oxygen atoms in total. The zero-order chi connectivity index (χ0) is 14.0. The molecule has 0 aliphatic carbocycles. The molecule has 0 aromatic heterocycles. The Labute approximate surface area is 109 Å². The van der Waals surface area contributed by atoms with Crippen LogP contribution >= 0.6 is 0 Å². The Morgan fingerprint density at radius 1 is 1.21 bits per heavy atom. The number of carboxylic acid groups (broad SMARTS) is 2. The third-order valence-electron chi connectivity index (χ3n) is 3.31. The fourth-order valence-electron chi connectivity index (χ4n) is 2.41. The number of benzene rings is 1. The molecule has 1 heterocycles. The molecular weight excluding hydrogens is 250 g/mol. The van der Waals surface area contributed by atoms with Crippen LogP contribution in [0.2, 0.25) is 0 Å². The van der Waals surface area contributed by atoms with Gasteiger partial charge in [-0.15, -0.1) is 0 Å². The first kappa shape index (κ1) is 13.1. The molecule has 1 aromatic carbocycles. The monoisotopic (exact) mass is 263 g/mol. The second-order valence-corrected chi connectivity index (χ2v) is 4.58. The van der Waals surface area contributed by atoms with Crippen molar-refractivity contribution < 1.29 is 24.6 Å². The molecule has 0 radical (unpaired) electrons. The van der Waals surface area contributed by atoms with E-state index in [1.54, 1.807) is 30.3 Å². The lowest BCUT2D eigenvalue weighted by Gasteiger charge is -2.31. The SMILES string of the molecule is O=C1CN(C(=O)O)C(Cc2ccccc2)(C(=O)O)C1. The normalized spacial score (nSPS) is 22.5. The number of hydrogen-bond donors (Lipinski definition) is 2. The van der Waals surface area contributed by atoms with Gasteiger partial charge in [-0.1, -0.05) is 30.3 Å². The van der Waals surface area contributed by atoms with Gasteiger partial charge in [-0.3, -0.25) is 9.69 Å². The zero-order valence-electron chi connectivity index (χ0n) is 10.1. The number of carboxylic acids is 1. The Morgan fingerprint density at radius 2 is 1.84 bits per heavy atom. The number of ketones is 1. The fourth-order valence-corrected chi connectivity index (χ4v) is 2.41. The van der Waals surface area contributed by atoms with Crippen molar-refractivity contribution in [1.82, 2.24) is 4.90 Å². The first-order valence-electron chi connectivity index (χ1n) is 5.75. The lowest BCUT2D eigenvalue weighted by molar-refractivity contribution is -0.149. The van der Waals surface area contributed by atoms with E-state index in [2.05, 4.69) is 0 Å². The summed E-state index contributed by atoms with van der Waals surface area (Å²) in [6.45, 7) is -0.367. The summed E-state index contributed by atoms with van der Waals surface area (Å²) in [5.74, 6) is -1.66. The molecule has 2 rings (SSSR count). The van der Waals surface area contributed by atoms with Gasteiger partial charge in [-0.05, 0) is 5.56 Å². The summed E-state index contributed by atoms with van der Waals surface area (Å²) in [4.78, 5) is 34.9. The molecule has 1 unspecified atom stereocenters. The van der Waals surface area contributed by atoms with E-state index in [4.69, 9.17) is 5.11 Å². The average molecular weight is 263 g/mol. The van der Waals surface area contributed by atoms with E-state index in [-0.39, 0.29) is 25.2 Å². The van der Waals surface area contributed by atoms with Crippen LogP contribution in [0.3, 0.4) is 0 Å². The third-order valence-corrected chi connectivity index (χ3v) is 3.31. The number of Topliss-reactive ketones (excluding diaryl/α,β-unsaturated/α-hetero) is 1. The zero-order valence-corrected chi connectivity index (χ0v) is 10.1. The highest BCUT2D eigenvalue weighted by Gasteiger charge is 2.53. The van der Waals surface area contributed by atoms with E-state index < -0.39 is 17.6 Å². The molecule has 1 fully saturated rings. The van der Waals surface area contributed by atoms with E-state index >= 15 is 0 Å². The number of rotatable bonds is 3. The molecule has 1 amide bonds. The number of aliphatic carboxylic acids is 1. The lowest BCUT2D eigenvalue weighted by atomic mass is 9.88. The fraction of sp³-hybridized carbons (Fsp3) is 0.308. The molecule has 0 saturated carbocycles. The molecule has 6 heteroatoms. The highest BCUT2D eigenvalue weighted by atomic mass is 16.4. The van der Waals surface area contributed by atoms with Crippen LogP contribution in [0.4, 0.5) is 4.79 Å². The van der Waals surface area contributed by atoms with E-state index in [1.807, 2.05) is 0 Å². The Hall–Kier alpha value is -2.37. The Kier molecular flexibility index (Phi) is 3.25. The first-order valence-corrected chi connectivity index (χ1v) is 5.75. The summed E-state index contributed by atoms with van der Waals surface area (Å²) in [5.41, 5.74) is -1.00. The number of nitrogens with zero attached hydrogens (tertiary/aromatic N) is 1. The summed E-state index contributed by atoms with van der Waals surface area (Å²) < 4.78 is 0. The molecule has 1 saturated heterocycles. The third kappa shape index (κ3) is 2.29. The Morgan fingerprint density at radius 3 is 2.37 bits per heavy atom. The standard InChI is InChI=1S/C13H13NO5/c15-10-7-13(11(16)17,14(8-10)12(18)19)6-9-4-2-1-3-5-9/h1-5H,6-8H2,(H,16,17)(H,18,19). The van der Waals surface area contributed by atoms with Crippen LogP contribution in [0.15, 0.2) is 30.3 Å². The van der Waals surface area contributed by atoms with Crippen molar-refractivity contribution in [2.45, 2.75) is 18.4 Å². The van der Waals surface area contributed by atoms with Crippen molar-refractivity contribution in [2.24, 2.45) is 0 Å². The molecule has 1 aromatic rings. The van der Waals surface area contributed by atoms with Crippen molar-refractivity contribution in [3.63, 3.8) is 0 Å². The van der Waals surface area contributed by atoms with Gasteiger partial charge in [-0.2, -0.15) is 0 Å². The minimum absolute atomic E-state index is 0.0127. The maximum Gasteiger partial charge on any atom is 0.408 e. The van der Waals surface area contributed by atoms with Crippen LogP contribution in [0.1, 0.15) is 12.0 Å². The maximum absolute atomic E-state index is 11.5. The van der Waals surface area contributed by atoms with Crippen LogP contribution in [-0.4, -0.2) is 45.0 Å². The minimum atomic E-state index is -1.69. The summed E-state index contributed by atoms with van der Waals surface area (Å²) in [7, 11) is 0. The highest BCUT2D eigenvalue weighted by Crippen LogP contribution is 2.31. The molecule has 0 spiro atoms. The number of carbonyl (C=O) groups excluding carboxylic acids is 1. The molecule has 2 N–H and O–H groups in total. The van der Waals surface area contributed by atoms with Gasteiger partial charge < -0.3 is 10.2 Å². The summed E-state index contributed by atoms with van der Waals surface area (Å²) in [6.07, 6.45) is -1.69. The maximum atomic E-state index is 11.5. The van der Waals surface area contributed by atoms with Gasteiger partial charge in [0.15, 0.2) is 11.3 Å². The van der Waals surface area contributed by atoms with Gasteiger partial charge >= 0.3 is 12.1 Å². The van der Waals surface area contributed by atoms with Crippen molar-refractivity contribution in [1.29, 1.82) is 0 Å². The van der Waals surface area contributed by atoms with Crippen LogP contribution in [0, 0.1) is 0 Å². The molecule has 100 valence electrons. The number of carbonyl (C=O) groups is 3. The smallest absolute Gasteiger partial charge is 0.408 e. The highest BCUT2D eigenvalue weighted by molar-refractivity contribution is 5.98. The quantitative estimate of drug-likeness (QED) is 0.848. The average Bonchev–Trinajstić information content (AvgIpc) is 2.69. The topological polar surface area (TPSA) is 94.9 Å². The summed E-state index contributed by atoms with van der Waals surface area (Å²) >= 11 is 0. The molecule has 1 aliphatic rings. The van der Waals surface area contributed by atoms with Gasteiger partial charge in [-0.25, -0.2) is 9.59 Å². The van der Waals surface area contributed by atoms with Crippen LogP contribution < -0.4 is 0 Å². The summed E-state index contributed by atoms with van der Waals surface area (Å²) in [6, 6.07) is 8.70. The Bertz CT molecular complexity index is 527. The molecular formula is C13H13NO5. The van der Waals surface area contributed by atoms with Crippen molar-refractivity contribution >= 4 is 17.8 Å². The van der Waals surface area contributed by atoms with E-state index in [0.29, 0.717) is 5.56 Å². The van der Waals surface area contributed by atoms with Gasteiger partial charge in [0.05, 0.1) is 6.54 Å². The molecule has 1 atom stereocenters. The van der Waals surface area contributed by atoms with Crippen molar-refractivity contribution in [3.05, 3.63) is 35.9 Å². The Balaban J connectivity index is 2.40. The van der Waals surface area contributed by atoms with Crippen LogP contribution in [-0.2, 0) is 16.0 Å². The lowest BCUT2D eigenvalue weighted by Crippen LogP contribution is -2.54. The van der Waals surface area contributed by atoms with Crippen LogP contribution in [0.25, 0.3) is 0 Å². The second kappa shape index (κ2) is 4.72. The van der Waals surface area contributed by atoms with E-state index in [9.17, 15) is 19.5 Å². The largest absolute Gasteiger partial charge is 0.479 e. The predicted molar refractivity (Wildman–Crippen MR) is 64.9 cm³/mol. The number of likely N-dealkylation sites (tertiary alicyclic amines) is 1. The van der Waals surface area contributed by atoms with Gasteiger partial charge in [0.2, 0.25) is 0 Å². The second-order valence-electron chi connectivity index (χ2n) is 4.58. The minimum Gasteiger partial charge on any atom is -0.479 e. The van der Waals surface area contributed by atoms with Crippen molar-refractivity contribution in [2.75, 3.05) is 6.54 Å². The molecule has 1 aliphatic heterocycles. The van der Waals surface area contributed by atoms with Gasteiger partial charge in [0.25, 0.3) is 0 Å². The van der Waals surface area contributed by atoms with Crippen LogP contribution in [0.5, 0.6) is 0 Å². The van der Waals surface area contributed by atoms with Gasteiger partial charge in [0.1, 0.15) is 0 Å². The van der Waals surface area contributed by atoms with E-state index in [0.717, 1.165) is 4.90 Å². The van der Waals surface area contributed by atoms with Gasteiger partial charge in [0, 0.05) is 12.8 Å². The van der Waals surface area contributed by atoms with E-state index in [1.165, 1.54) is 0 Å². The van der Waals surface area contributed by atoms with Crippen molar-refractivity contribution in [3.8, 4) is 0 Å². The summed E-state index contributed by atoms with van der Waals surface area (Å²) in [5, 5.41) is 18.5. The first-order chi connectivity index (χ1) is 8.95. The predicted octanol–water partition coefficient (Wildman–Crippen LogP) is 1.01. The molecule has 19 heavy (non-hydrogen) atoms. The number of hydrogen-bond acceptors (Lipinski definition) is 3.